The number of carboxylic acid groups (broad SMARTS) is 1. The molecule has 20 heavy (non-hydrogen) atoms. The van der Waals surface area contributed by atoms with Gasteiger partial charge in [0.1, 0.15) is 0 Å². The highest BCUT2D eigenvalue weighted by atomic mass is 32.1. The second-order valence-corrected chi connectivity index (χ2v) is 5.78. The Morgan fingerprint density at radius 3 is 2.65 bits per heavy atom. The summed E-state index contributed by atoms with van der Waals surface area (Å²) in [6.45, 7) is 4.06. The van der Waals surface area contributed by atoms with Gasteiger partial charge in [0, 0.05) is 10.9 Å². The molecule has 2 atom stereocenters. The van der Waals surface area contributed by atoms with E-state index in [2.05, 4.69) is 17.6 Å². The molecule has 0 spiro atoms. The van der Waals surface area contributed by atoms with Crippen LogP contribution in [0.5, 0.6) is 0 Å². The molecule has 2 unspecified atom stereocenters. The van der Waals surface area contributed by atoms with Crippen LogP contribution >= 0.6 is 11.3 Å². The maximum Gasteiger partial charge on any atom is 0.331 e. The zero-order chi connectivity index (χ0) is 15.0. The molecule has 0 aromatic carbocycles. The summed E-state index contributed by atoms with van der Waals surface area (Å²) in [7, 11) is 0. The van der Waals surface area contributed by atoms with Gasteiger partial charge in [0.2, 0.25) is 0 Å². The van der Waals surface area contributed by atoms with Crippen LogP contribution in [0.15, 0.2) is 17.5 Å². The molecule has 1 rings (SSSR count). The molecular weight excluding hydrogens is 276 g/mol. The van der Waals surface area contributed by atoms with Crippen molar-refractivity contribution in [1.82, 2.24) is 10.6 Å². The van der Waals surface area contributed by atoms with Gasteiger partial charge >= 0.3 is 12.0 Å². The van der Waals surface area contributed by atoms with Crippen LogP contribution in [0, 0.1) is 0 Å². The van der Waals surface area contributed by atoms with Gasteiger partial charge in [0.15, 0.2) is 6.04 Å². The Bertz CT molecular complexity index is 420. The van der Waals surface area contributed by atoms with Crippen LogP contribution in [-0.2, 0) is 4.79 Å². The summed E-state index contributed by atoms with van der Waals surface area (Å²) >= 11 is 1.31. The second kappa shape index (κ2) is 8.58. The Balaban J connectivity index is 2.45. The Morgan fingerprint density at radius 1 is 1.35 bits per heavy atom. The minimum Gasteiger partial charge on any atom is -0.479 e. The molecule has 1 heterocycles. The topological polar surface area (TPSA) is 78.4 Å². The minimum atomic E-state index is -1.05. The maximum absolute atomic E-state index is 11.8. The Hall–Kier alpha value is -1.56. The van der Waals surface area contributed by atoms with Crippen LogP contribution in [-0.4, -0.2) is 23.1 Å². The summed E-state index contributed by atoms with van der Waals surface area (Å²) in [5, 5.41) is 16.2. The first kappa shape index (κ1) is 16.5. The van der Waals surface area contributed by atoms with E-state index in [0.717, 1.165) is 25.7 Å². The molecule has 0 radical (unpaired) electrons. The lowest BCUT2D eigenvalue weighted by atomic mass is 10.1. The van der Waals surface area contributed by atoms with Crippen molar-refractivity contribution in [2.24, 2.45) is 0 Å². The van der Waals surface area contributed by atoms with Crippen LogP contribution in [0.3, 0.4) is 0 Å². The molecule has 0 fully saturated rings. The number of carbonyl (C=O) groups is 2. The normalized spacial score (nSPS) is 13.5. The van der Waals surface area contributed by atoms with Crippen molar-refractivity contribution in [3.63, 3.8) is 0 Å². The van der Waals surface area contributed by atoms with E-state index < -0.39 is 18.0 Å². The summed E-state index contributed by atoms with van der Waals surface area (Å²) in [4.78, 5) is 23.6. The summed E-state index contributed by atoms with van der Waals surface area (Å²) in [5.41, 5.74) is 0. The number of thiophene rings is 1. The number of unbranched alkanes of at least 4 members (excludes halogenated alkanes) is 2. The number of hydrogen-bond acceptors (Lipinski definition) is 3. The molecule has 0 bridgehead atoms. The molecule has 112 valence electrons. The maximum atomic E-state index is 11.8. The summed E-state index contributed by atoms with van der Waals surface area (Å²) in [5.74, 6) is -1.05. The van der Waals surface area contributed by atoms with Gasteiger partial charge in [-0.3, -0.25) is 0 Å². The molecule has 0 aliphatic heterocycles. The highest BCUT2D eigenvalue weighted by molar-refractivity contribution is 7.10. The highest BCUT2D eigenvalue weighted by Crippen LogP contribution is 2.19. The van der Waals surface area contributed by atoms with Crippen molar-refractivity contribution in [2.75, 3.05) is 0 Å². The average molecular weight is 298 g/mol. The molecular formula is C14H22N2O3S. The number of rotatable bonds is 8. The Morgan fingerprint density at radius 2 is 2.10 bits per heavy atom. The fourth-order valence-corrected chi connectivity index (χ4v) is 2.65. The van der Waals surface area contributed by atoms with E-state index >= 15 is 0 Å². The zero-order valence-corrected chi connectivity index (χ0v) is 12.7. The highest BCUT2D eigenvalue weighted by Gasteiger charge is 2.23. The van der Waals surface area contributed by atoms with Crippen molar-refractivity contribution in [2.45, 2.75) is 51.6 Å². The lowest BCUT2D eigenvalue weighted by Gasteiger charge is -2.17. The first-order valence-electron chi connectivity index (χ1n) is 6.87. The van der Waals surface area contributed by atoms with Crippen molar-refractivity contribution in [1.29, 1.82) is 0 Å². The molecule has 0 saturated carbocycles. The average Bonchev–Trinajstić information content (AvgIpc) is 2.89. The number of carbonyl (C=O) groups excluding carboxylic acids is 1. The number of amides is 2. The lowest BCUT2D eigenvalue weighted by molar-refractivity contribution is -0.139. The largest absolute Gasteiger partial charge is 0.479 e. The molecule has 3 N–H and O–H groups in total. The van der Waals surface area contributed by atoms with Gasteiger partial charge in [0.05, 0.1) is 0 Å². The van der Waals surface area contributed by atoms with Crippen LogP contribution in [0.25, 0.3) is 0 Å². The smallest absolute Gasteiger partial charge is 0.331 e. The van der Waals surface area contributed by atoms with Gasteiger partial charge in [-0.25, -0.2) is 9.59 Å². The zero-order valence-electron chi connectivity index (χ0n) is 11.9. The number of urea groups is 1. The SMILES string of the molecule is CCCCCC(C)NC(=O)NC(C(=O)O)c1cccs1. The van der Waals surface area contributed by atoms with Crippen molar-refractivity contribution in [3.05, 3.63) is 22.4 Å². The third kappa shape index (κ3) is 5.61. The third-order valence-electron chi connectivity index (χ3n) is 2.97. The Kier molecular flexibility index (Phi) is 7.08. The van der Waals surface area contributed by atoms with E-state index in [1.165, 1.54) is 11.3 Å². The molecule has 0 saturated heterocycles. The monoisotopic (exact) mass is 298 g/mol. The van der Waals surface area contributed by atoms with Crippen molar-refractivity contribution >= 4 is 23.3 Å². The molecule has 2 amide bonds. The van der Waals surface area contributed by atoms with E-state index in [4.69, 9.17) is 5.11 Å². The van der Waals surface area contributed by atoms with Crippen LogP contribution < -0.4 is 10.6 Å². The van der Waals surface area contributed by atoms with Gasteiger partial charge in [0.25, 0.3) is 0 Å². The Labute approximate surface area is 123 Å². The summed E-state index contributed by atoms with van der Waals surface area (Å²) < 4.78 is 0. The van der Waals surface area contributed by atoms with Gasteiger partial charge < -0.3 is 15.7 Å². The first-order chi connectivity index (χ1) is 9.54. The number of hydrogen-bond donors (Lipinski definition) is 3. The van der Waals surface area contributed by atoms with Gasteiger partial charge in [-0.05, 0) is 24.8 Å². The predicted octanol–water partition coefficient (Wildman–Crippen LogP) is 3.14. The van der Waals surface area contributed by atoms with Gasteiger partial charge in [-0.15, -0.1) is 11.3 Å². The quantitative estimate of drug-likeness (QED) is 0.645. The standard InChI is InChI=1S/C14H22N2O3S/c1-3-4-5-7-10(2)15-14(19)16-12(13(17)18)11-8-6-9-20-11/h6,8-10,12H,3-5,7H2,1-2H3,(H,17,18)(H2,15,16,19). The van der Waals surface area contributed by atoms with Crippen LogP contribution in [0.2, 0.25) is 0 Å². The third-order valence-corrected chi connectivity index (χ3v) is 3.91. The molecule has 6 heteroatoms. The number of aliphatic carboxylic acids is 1. The molecule has 5 nitrogen and oxygen atoms in total. The van der Waals surface area contributed by atoms with E-state index in [9.17, 15) is 9.59 Å². The fourth-order valence-electron chi connectivity index (χ4n) is 1.88. The van der Waals surface area contributed by atoms with Crippen molar-refractivity contribution < 1.29 is 14.7 Å². The molecule has 0 aliphatic rings. The summed E-state index contributed by atoms with van der Waals surface area (Å²) in [6, 6.07) is 2.09. The second-order valence-electron chi connectivity index (χ2n) is 4.80. The van der Waals surface area contributed by atoms with E-state index in [1.54, 1.807) is 17.5 Å². The van der Waals surface area contributed by atoms with E-state index in [0.29, 0.717) is 4.88 Å². The molecule has 1 aromatic rings. The molecule has 1 aromatic heterocycles. The fraction of sp³-hybridized carbons (Fsp3) is 0.571. The first-order valence-corrected chi connectivity index (χ1v) is 7.75. The van der Waals surface area contributed by atoms with Gasteiger partial charge in [-0.2, -0.15) is 0 Å². The number of carboxylic acids is 1. The molecule has 0 aliphatic carbocycles. The van der Waals surface area contributed by atoms with Crippen LogP contribution in [0.1, 0.15) is 50.4 Å². The van der Waals surface area contributed by atoms with E-state index in [-0.39, 0.29) is 6.04 Å². The van der Waals surface area contributed by atoms with Crippen molar-refractivity contribution in [3.8, 4) is 0 Å². The predicted molar refractivity (Wildman–Crippen MR) is 80.0 cm³/mol. The minimum absolute atomic E-state index is 0.0410. The van der Waals surface area contributed by atoms with Crippen LogP contribution in [0.4, 0.5) is 4.79 Å². The van der Waals surface area contributed by atoms with E-state index in [1.807, 2.05) is 6.92 Å². The lowest BCUT2D eigenvalue weighted by Crippen LogP contribution is -2.44. The summed E-state index contributed by atoms with van der Waals surface area (Å²) in [6.07, 6.45) is 4.24. The van der Waals surface area contributed by atoms with Gasteiger partial charge in [-0.1, -0.05) is 32.3 Å². The number of nitrogens with one attached hydrogen (secondary N) is 2.